The molecule has 2 aromatic rings. The molecule has 0 aliphatic carbocycles. The number of amides is 1. The predicted octanol–water partition coefficient (Wildman–Crippen LogP) is 4.13. The van der Waals surface area contributed by atoms with E-state index in [1.807, 2.05) is 36.9 Å². The van der Waals surface area contributed by atoms with Gasteiger partial charge in [-0.15, -0.1) is 5.10 Å². The van der Waals surface area contributed by atoms with Crippen LogP contribution in [0.25, 0.3) is 5.69 Å². The summed E-state index contributed by atoms with van der Waals surface area (Å²) in [6.45, 7) is 9.57. The van der Waals surface area contributed by atoms with E-state index >= 15 is 0 Å². The number of nitrogens with zero attached hydrogens (tertiary/aromatic N) is 4. The molecule has 1 heterocycles. The molecule has 130 valence electrons. The van der Waals surface area contributed by atoms with Crippen LogP contribution < -0.4 is 0 Å². The van der Waals surface area contributed by atoms with Crippen LogP contribution in [0.1, 0.15) is 49.8 Å². The van der Waals surface area contributed by atoms with Gasteiger partial charge in [0.1, 0.15) is 0 Å². The maximum absolute atomic E-state index is 12.9. The lowest BCUT2D eigenvalue weighted by Gasteiger charge is -2.24. The molecule has 24 heavy (non-hydrogen) atoms. The van der Waals surface area contributed by atoms with Gasteiger partial charge in [-0.2, -0.15) is 0 Å². The van der Waals surface area contributed by atoms with E-state index in [0.29, 0.717) is 28.9 Å². The summed E-state index contributed by atoms with van der Waals surface area (Å²) in [5, 5.41) is 8.84. The third kappa shape index (κ3) is 3.78. The summed E-state index contributed by atoms with van der Waals surface area (Å²) in [5.74, 6) is 0.438. The van der Waals surface area contributed by atoms with Crippen molar-refractivity contribution < 1.29 is 4.79 Å². The Bertz CT molecular complexity index is 694. The van der Waals surface area contributed by atoms with Gasteiger partial charge in [0, 0.05) is 13.1 Å². The predicted molar refractivity (Wildman–Crippen MR) is 96.8 cm³/mol. The van der Waals surface area contributed by atoms with E-state index in [1.165, 1.54) is 0 Å². The molecule has 6 heteroatoms. The molecule has 0 spiro atoms. The summed E-state index contributed by atoms with van der Waals surface area (Å²) in [7, 11) is 0. The monoisotopic (exact) mass is 348 g/mol. The van der Waals surface area contributed by atoms with Gasteiger partial charge in [0.2, 0.25) is 0 Å². The molecule has 0 radical (unpaired) electrons. The number of hydrogen-bond donors (Lipinski definition) is 0. The topological polar surface area (TPSA) is 51.0 Å². The molecule has 0 saturated carbocycles. The normalized spacial score (nSPS) is 11.1. The Morgan fingerprint density at radius 1 is 1.25 bits per heavy atom. The minimum Gasteiger partial charge on any atom is -0.337 e. The number of benzene rings is 1. The van der Waals surface area contributed by atoms with E-state index in [9.17, 15) is 4.79 Å². The molecule has 0 aliphatic heterocycles. The molecule has 1 amide bonds. The Kier molecular flexibility index (Phi) is 6.37. The lowest BCUT2D eigenvalue weighted by molar-refractivity contribution is 0.0728. The van der Waals surface area contributed by atoms with E-state index in [2.05, 4.69) is 24.2 Å². The number of aromatic nitrogens is 3. The Labute approximate surface area is 148 Å². The fourth-order valence-electron chi connectivity index (χ4n) is 2.74. The standard InChI is InChI=1S/C18H25ClN4O/c1-5-14(6-2)12-22(7-3)18(24)17-13(4)23(21-20-17)16-11-9-8-10-15(16)19/h8-11,14H,5-7,12H2,1-4H3. The van der Waals surface area contributed by atoms with Gasteiger partial charge in [0.25, 0.3) is 5.91 Å². The average molecular weight is 349 g/mol. The highest BCUT2D eigenvalue weighted by molar-refractivity contribution is 6.32. The van der Waals surface area contributed by atoms with Gasteiger partial charge < -0.3 is 4.90 Å². The van der Waals surface area contributed by atoms with Crippen LogP contribution in [0.15, 0.2) is 24.3 Å². The molecule has 0 saturated heterocycles. The Hall–Kier alpha value is -1.88. The van der Waals surface area contributed by atoms with E-state index in [1.54, 1.807) is 10.7 Å². The molecule has 2 rings (SSSR count). The third-order valence-corrected chi connectivity index (χ3v) is 4.80. The zero-order chi connectivity index (χ0) is 17.7. The first-order valence-electron chi connectivity index (χ1n) is 8.49. The fraction of sp³-hybridized carbons (Fsp3) is 0.500. The molecular formula is C18H25ClN4O. The summed E-state index contributed by atoms with van der Waals surface area (Å²) in [4.78, 5) is 14.7. The Balaban J connectivity index is 2.29. The smallest absolute Gasteiger partial charge is 0.276 e. The first-order valence-corrected chi connectivity index (χ1v) is 8.87. The number of carbonyl (C=O) groups excluding carboxylic acids is 1. The van der Waals surface area contributed by atoms with Crippen molar-refractivity contribution in [2.24, 2.45) is 5.92 Å². The van der Waals surface area contributed by atoms with Gasteiger partial charge in [0.05, 0.1) is 16.4 Å². The average Bonchev–Trinajstić information content (AvgIpc) is 2.97. The maximum Gasteiger partial charge on any atom is 0.276 e. The highest BCUT2D eigenvalue weighted by atomic mass is 35.5. The molecule has 1 aromatic heterocycles. The van der Waals surface area contributed by atoms with E-state index in [0.717, 1.165) is 25.1 Å². The van der Waals surface area contributed by atoms with Crippen molar-refractivity contribution in [3.05, 3.63) is 40.7 Å². The van der Waals surface area contributed by atoms with Crippen molar-refractivity contribution in [3.63, 3.8) is 0 Å². The third-order valence-electron chi connectivity index (χ3n) is 4.48. The molecule has 0 aliphatic rings. The van der Waals surface area contributed by atoms with Gasteiger partial charge in [-0.3, -0.25) is 4.79 Å². The summed E-state index contributed by atoms with van der Waals surface area (Å²) >= 11 is 6.23. The van der Waals surface area contributed by atoms with E-state index in [-0.39, 0.29) is 5.91 Å². The van der Waals surface area contributed by atoms with Gasteiger partial charge in [-0.1, -0.05) is 55.6 Å². The summed E-state index contributed by atoms with van der Waals surface area (Å²) < 4.78 is 1.63. The van der Waals surface area contributed by atoms with Crippen LogP contribution in [0.2, 0.25) is 5.02 Å². The van der Waals surface area contributed by atoms with Gasteiger partial charge >= 0.3 is 0 Å². The zero-order valence-electron chi connectivity index (χ0n) is 14.8. The van der Waals surface area contributed by atoms with E-state index in [4.69, 9.17) is 11.6 Å². The highest BCUT2D eigenvalue weighted by Gasteiger charge is 2.24. The lowest BCUT2D eigenvalue weighted by Crippen LogP contribution is -2.35. The first kappa shape index (κ1) is 18.5. The van der Waals surface area contributed by atoms with Crippen molar-refractivity contribution in [2.45, 2.75) is 40.5 Å². The quantitative estimate of drug-likeness (QED) is 0.756. The molecule has 1 aromatic carbocycles. The highest BCUT2D eigenvalue weighted by Crippen LogP contribution is 2.22. The molecular weight excluding hydrogens is 324 g/mol. The lowest BCUT2D eigenvalue weighted by atomic mass is 10.0. The van der Waals surface area contributed by atoms with Crippen LogP contribution in [-0.4, -0.2) is 38.9 Å². The Morgan fingerprint density at radius 2 is 1.92 bits per heavy atom. The van der Waals surface area contributed by atoms with Gasteiger partial charge in [0.15, 0.2) is 5.69 Å². The number of rotatable bonds is 7. The second-order valence-electron chi connectivity index (χ2n) is 5.91. The minimum atomic E-state index is -0.0693. The van der Waals surface area contributed by atoms with Crippen LogP contribution in [0, 0.1) is 12.8 Å². The first-order chi connectivity index (χ1) is 11.5. The molecule has 5 nitrogen and oxygen atoms in total. The summed E-state index contributed by atoms with van der Waals surface area (Å²) in [5.41, 5.74) is 1.82. The van der Waals surface area contributed by atoms with Crippen molar-refractivity contribution in [2.75, 3.05) is 13.1 Å². The van der Waals surface area contributed by atoms with Crippen molar-refractivity contribution >= 4 is 17.5 Å². The van der Waals surface area contributed by atoms with Crippen molar-refractivity contribution in [3.8, 4) is 5.69 Å². The van der Waals surface area contributed by atoms with Crippen LogP contribution in [0.4, 0.5) is 0 Å². The second-order valence-corrected chi connectivity index (χ2v) is 6.32. The zero-order valence-corrected chi connectivity index (χ0v) is 15.5. The van der Waals surface area contributed by atoms with Gasteiger partial charge in [-0.25, -0.2) is 4.68 Å². The maximum atomic E-state index is 12.9. The van der Waals surface area contributed by atoms with Crippen LogP contribution in [0.3, 0.4) is 0 Å². The van der Waals surface area contributed by atoms with Crippen LogP contribution >= 0.6 is 11.6 Å². The van der Waals surface area contributed by atoms with Crippen molar-refractivity contribution in [1.29, 1.82) is 0 Å². The number of halogens is 1. The molecule has 0 unspecified atom stereocenters. The summed E-state index contributed by atoms with van der Waals surface area (Å²) in [6, 6.07) is 7.40. The second kappa shape index (κ2) is 8.29. The largest absolute Gasteiger partial charge is 0.337 e. The van der Waals surface area contributed by atoms with Crippen LogP contribution in [0.5, 0.6) is 0 Å². The van der Waals surface area contributed by atoms with E-state index < -0.39 is 0 Å². The molecule has 0 fully saturated rings. The summed E-state index contributed by atoms with van der Waals surface area (Å²) in [6.07, 6.45) is 2.12. The van der Waals surface area contributed by atoms with Crippen molar-refractivity contribution in [1.82, 2.24) is 19.9 Å². The van der Waals surface area contributed by atoms with Gasteiger partial charge in [-0.05, 0) is 31.9 Å². The number of para-hydroxylation sites is 1. The Morgan fingerprint density at radius 3 is 2.50 bits per heavy atom. The fourth-order valence-corrected chi connectivity index (χ4v) is 2.96. The minimum absolute atomic E-state index is 0.0693. The number of carbonyl (C=O) groups is 1. The number of hydrogen-bond acceptors (Lipinski definition) is 3. The molecule has 0 bridgehead atoms. The van der Waals surface area contributed by atoms with Crippen LogP contribution in [-0.2, 0) is 0 Å². The molecule has 0 N–H and O–H groups in total. The SMILES string of the molecule is CCC(CC)CN(CC)C(=O)c1nnn(-c2ccccc2Cl)c1C. The molecule has 0 atom stereocenters.